The normalized spacial score (nSPS) is 15.7. The highest BCUT2D eigenvalue weighted by atomic mass is 19.4. The molecule has 3 nitrogen and oxygen atoms in total. The summed E-state index contributed by atoms with van der Waals surface area (Å²) in [5.41, 5.74) is 4.19. The largest absolute Gasteiger partial charge is 0.418 e. The molecule has 1 aliphatic carbocycles. The third-order valence-electron chi connectivity index (χ3n) is 2.56. The standard InChI is InChI=1S/C11H11F3N2O/c12-11(13,14)8-5-7(15)3-4-9(8)16-10(17)6-1-2-6/h3-6H,1-2,15H2,(H,16,17). The number of nitrogens with one attached hydrogen (secondary N) is 1. The van der Waals surface area contributed by atoms with Crippen LogP contribution < -0.4 is 11.1 Å². The molecular weight excluding hydrogens is 233 g/mol. The van der Waals surface area contributed by atoms with Gasteiger partial charge >= 0.3 is 6.18 Å². The third kappa shape index (κ3) is 2.69. The van der Waals surface area contributed by atoms with E-state index in [9.17, 15) is 18.0 Å². The van der Waals surface area contributed by atoms with E-state index in [4.69, 9.17) is 5.73 Å². The summed E-state index contributed by atoms with van der Waals surface area (Å²) in [5.74, 6) is -0.506. The number of benzene rings is 1. The molecule has 0 bridgehead atoms. The molecule has 6 heteroatoms. The molecule has 0 unspecified atom stereocenters. The van der Waals surface area contributed by atoms with E-state index < -0.39 is 11.7 Å². The molecule has 1 aromatic rings. The van der Waals surface area contributed by atoms with Gasteiger partial charge in [-0.15, -0.1) is 0 Å². The summed E-state index contributed by atoms with van der Waals surface area (Å²) in [6.07, 6.45) is -3.05. The molecule has 1 amide bonds. The topological polar surface area (TPSA) is 55.1 Å². The van der Waals surface area contributed by atoms with Gasteiger partial charge in [0.25, 0.3) is 0 Å². The van der Waals surface area contributed by atoms with Crippen molar-refractivity contribution in [2.75, 3.05) is 11.1 Å². The fraction of sp³-hybridized carbons (Fsp3) is 0.364. The van der Waals surface area contributed by atoms with Crippen molar-refractivity contribution in [1.29, 1.82) is 0 Å². The van der Waals surface area contributed by atoms with E-state index >= 15 is 0 Å². The minimum absolute atomic E-state index is 0.0155. The van der Waals surface area contributed by atoms with Crippen LogP contribution in [0.5, 0.6) is 0 Å². The molecule has 0 aliphatic heterocycles. The van der Waals surface area contributed by atoms with Gasteiger partial charge in [0.15, 0.2) is 0 Å². The van der Waals surface area contributed by atoms with Gasteiger partial charge < -0.3 is 11.1 Å². The molecule has 17 heavy (non-hydrogen) atoms. The Morgan fingerprint density at radius 3 is 2.53 bits per heavy atom. The van der Waals surface area contributed by atoms with Gasteiger partial charge in [-0.25, -0.2) is 0 Å². The average molecular weight is 244 g/mol. The van der Waals surface area contributed by atoms with Crippen molar-refractivity contribution in [1.82, 2.24) is 0 Å². The van der Waals surface area contributed by atoms with Crippen LogP contribution in [0, 0.1) is 5.92 Å². The Morgan fingerprint density at radius 2 is 2.00 bits per heavy atom. The zero-order chi connectivity index (χ0) is 12.6. The van der Waals surface area contributed by atoms with E-state index in [0.29, 0.717) is 0 Å². The van der Waals surface area contributed by atoms with Gasteiger partial charge in [-0.3, -0.25) is 4.79 Å². The molecule has 2 rings (SSSR count). The predicted octanol–water partition coefficient (Wildman–Crippen LogP) is 2.64. The highest BCUT2D eigenvalue weighted by Gasteiger charge is 2.36. The fourth-order valence-electron chi connectivity index (χ4n) is 1.49. The first-order chi connectivity index (χ1) is 7.88. The van der Waals surface area contributed by atoms with Crippen LogP contribution in [0.4, 0.5) is 24.5 Å². The van der Waals surface area contributed by atoms with Crippen LogP contribution in [0.2, 0.25) is 0 Å². The molecule has 1 saturated carbocycles. The van der Waals surface area contributed by atoms with Gasteiger partial charge in [0.2, 0.25) is 5.91 Å². The summed E-state index contributed by atoms with van der Waals surface area (Å²) in [6, 6.07) is 3.33. The SMILES string of the molecule is Nc1ccc(NC(=O)C2CC2)c(C(F)(F)F)c1. The molecule has 0 heterocycles. The number of hydrogen-bond donors (Lipinski definition) is 2. The van der Waals surface area contributed by atoms with Crippen molar-refractivity contribution < 1.29 is 18.0 Å². The highest BCUT2D eigenvalue weighted by Crippen LogP contribution is 2.37. The Hall–Kier alpha value is -1.72. The first-order valence-corrected chi connectivity index (χ1v) is 5.15. The average Bonchev–Trinajstić information content (AvgIpc) is 3.02. The van der Waals surface area contributed by atoms with Crippen molar-refractivity contribution in [3.05, 3.63) is 23.8 Å². The summed E-state index contributed by atoms with van der Waals surface area (Å²) < 4.78 is 38.1. The zero-order valence-corrected chi connectivity index (χ0v) is 8.84. The maximum atomic E-state index is 12.7. The lowest BCUT2D eigenvalue weighted by Crippen LogP contribution is -2.18. The van der Waals surface area contributed by atoms with Crippen molar-refractivity contribution in [3.8, 4) is 0 Å². The van der Waals surface area contributed by atoms with E-state index in [1.165, 1.54) is 12.1 Å². The number of amides is 1. The molecule has 1 aromatic carbocycles. The number of carbonyl (C=O) groups excluding carboxylic acids is 1. The minimum atomic E-state index is -4.53. The first kappa shape index (κ1) is 11.8. The number of carbonyl (C=O) groups is 1. The lowest BCUT2D eigenvalue weighted by atomic mass is 10.1. The molecule has 0 atom stereocenters. The number of anilines is 2. The number of nitrogen functional groups attached to an aromatic ring is 1. The quantitative estimate of drug-likeness (QED) is 0.786. The van der Waals surface area contributed by atoms with E-state index in [1.807, 2.05) is 0 Å². The van der Waals surface area contributed by atoms with Crippen LogP contribution in [-0.4, -0.2) is 5.91 Å². The second kappa shape index (κ2) is 3.94. The fourth-order valence-corrected chi connectivity index (χ4v) is 1.49. The van der Waals surface area contributed by atoms with Crippen LogP contribution in [0.15, 0.2) is 18.2 Å². The molecule has 0 radical (unpaired) electrons. The molecule has 0 spiro atoms. The Morgan fingerprint density at radius 1 is 1.35 bits per heavy atom. The number of rotatable bonds is 2. The van der Waals surface area contributed by atoms with Gasteiger partial charge in [0.1, 0.15) is 0 Å². The minimum Gasteiger partial charge on any atom is -0.399 e. The van der Waals surface area contributed by atoms with E-state index in [2.05, 4.69) is 5.32 Å². The summed E-state index contributed by atoms with van der Waals surface area (Å²) in [5, 5.41) is 2.29. The summed E-state index contributed by atoms with van der Waals surface area (Å²) in [6.45, 7) is 0. The number of hydrogen-bond acceptors (Lipinski definition) is 2. The van der Waals surface area contributed by atoms with Crippen LogP contribution in [-0.2, 0) is 11.0 Å². The van der Waals surface area contributed by atoms with Gasteiger partial charge in [-0.1, -0.05) is 0 Å². The smallest absolute Gasteiger partial charge is 0.399 e. The highest BCUT2D eigenvalue weighted by molar-refractivity contribution is 5.95. The Balaban J connectivity index is 2.28. The second-order valence-electron chi connectivity index (χ2n) is 4.07. The molecule has 0 aromatic heterocycles. The molecule has 1 aliphatic rings. The first-order valence-electron chi connectivity index (χ1n) is 5.15. The third-order valence-corrected chi connectivity index (χ3v) is 2.56. The van der Waals surface area contributed by atoms with Crippen molar-refractivity contribution in [2.24, 2.45) is 5.92 Å². The van der Waals surface area contributed by atoms with Crippen molar-refractivity contribution in [2.45, 2.75) is 19.0 Å². The maximum absolute atomic E-state index is 12.7. The van der Waals surface area contributed by atoms with Gasteiger partial charge in [-0.2, -0.15) is 13.2 Å². The summed E-state index contributed by atoms with van der Waals surface area (Å²) >= 11 is 0. The Kier molecular flexibility index (Phi) is 2.73. The number of alkyl halides is 3. The van der Waals surface area contributed by atoms with Crippen molar-refractivity contribution in [3.63, 3.8) is 0 Å². The predicted molar refractivity (Wildman–Crippen MR) is 57.2 cm³/mol. The molecule has 92 valence electrons. The van der Waals surface area contributed by atoms with Crippen LogP contribution in [0.25, 0.3) is 0 Å². The zero-order valence-electron chi connectivity index (χ0n) is 8.84. The van der Waals surface area contributed by atoms with Crippen LogP contribution in [0.1, 0.15) is 18.4 Å². The van der Waals surface area contributed by atoms with Crippen LogP contribution >= 0.6 is 0 Å². The summed E-state index contributed by atoms with van der Waals surface area (Å²) in [7, 11) is 0. The monoisotopic (exact) mass is 244 g/mol. The van der Waals surface area contributed by atoms with Gasteiger partial charge in [0, 0.05) is 11.6 Å². The second-order valence-corrected chi connectivity index (χ2v) is 4.07. The lowest BCUT2D eigenvalue weighted by Gasteiger charge is -2.14. The van der Waals surface area contributed by atoms with Gasteiger partial charge in [-0.05, 0) is 31.0 Å². The van der Waals surface area contributed by atoms with E-state index in [-0.39, 0.29) is 23.2 Å². The van der Waals surface area contributed by atoms with Crippen molar-refractivity contribution >= 4 is 17.3 Å². The van der Waals surface area contributed by atoms with E-state index in [1.54, 1.807) is 0 Å². The molecule has 3 N–H and O–H groups in total. The molecule has 0 saturated heterocycles. The lowest BCUT2D eigenvalue weighted by molar-refractivity contribution is -0.136. The van der Waals surface area contributed by atoms with E-state index in [0.717, 1.165) is 18.9 Å². The summed E-state index contributed by atoms with van der Waals surface area (Å²) in [4.78, 5) is 11.4. The van der Waals surface area contributed by atoms with Gasteiger partial charge in [0.05, 0.1) is 11.3 Å². The Bertz CT molecular complexity index is 453. The van der Waals surface area contributed by atoms with Crippen LogP contribution in [0.3, 0.4) is 0 Å². The molecular formula is C11H11F3N2O. The maximum Gasteiger partial charge on any atom is 0.418 e. The molecule has 1 fully saturated rings. The number of nitrogens with two attached hydrogens (primary N) is 1. The number of halogens is 3. The Labute approximate surface area is 95.8 Å².